The molecular weight excluding hydrogens is 420 g/mol. The first kappa shape index (κ1) is 21.7. The number of rotatable bonds is 6. The summed E-state index contributed by atoms with van der Waals surface area (Å²) < 4.78 is 10.3. The second-order valence-corrected chi connectivity index (χ2v) is 9.07. The Hall–Kier alpha value is -3.13. The molecule has 8 nitrogen and oxygen atoms in total. The Kier molecular flexibility index (Phi) is 5.93. The van der Waals surface area contributed by atoms with Gasteiger partial charge in [0.15, 0.2) is 0 Å². The van der Waals surface area contributed by atoms with E-state index in [4.69, 9.17) is 14.5 Å². The Morgan fingerprint density at radius 2 is 1.88 bits per heavy atom. The number of benzene rings is 1. The van der Waals surface area contributed by atoms with Crippen LogP contribution >= 0.6 is 0 Å². The quantitative estimate of drug-likeness (QED) is 0.673. The van der Waals surface area contributed by atoms with Crippen molar-refractivity contribution in [3.8, 4) is 0 Å². The highest BCUT2D eigenvalue weighted by molar-refractivity contribution is 5.96. The number of nitrogens with zero attached hydrogens (tertiary/aromatic N) is 4. The molecule has 1 unspecified atom stereocenters. The van der Waals surface area contributed by atoms with Crippen LogP contribution in [0.15, 0.2) is 36.5 Å². The van der Waals surface area contributed by atoms with Gasteiger partial charge in [-0.05, 0) is 61.1 Å². The molecule has 1 atom stereocenters. The van der Waals surface area contributed by atoms with Crippen LogP contribution in [0.4, 0.5) is 16.3 Å². The molecule has 3 heterocycles. The Balaban J connectivity index is 1.21. The SMILES string of the molecule is COCC1COC(=O)N1c1ccc(C(=O)N2CCN(c3ncc(C4CC4)cc3C)CC2)cc1. The number of methoxy groups -OCH3 is 1. The molecule has 1 aromatic carbocycles. The third-order valence-electron chi connectivity index (χ3n) is 6.70. The molecule has 0 spiro atoms. The van der Waals surface area contributed by atoms with Gasteiger partial charge in [0.25, 0.3) is 5.91 Å². The summed E-state index contributed by atoms with van der Waals surface area (Å²) in [6.07, 6.45) is 4.18. The fraction of sp³-hybridized carbons (Fsp3) is 0.480. The van der Waals surface area contributed by atoms with Gasteiger partial charge in [0.05, 0.1) is 12.6 Å². The van der Waals surface area contributed by atoms with E-state index in [1.807, 2.05) is 11.1 Å². The van der Waals surface area contributed by atoms with Gasteiger partial charge in [-0.1, -0.05) is 6.07 Å². The molecular formula is C25H30N4O4. The molecule has 0 N–H and O–H groups in total. The third kappa shape index (κ3) is 4.39. The minimum Gasteiger partial charge on any atom is -0.447 e. The molecule has 0 bridgehead atoms. The number of hydrogen-bond acceptors (Lipinski definition) is 6. The molecule has 1 aliphatic carbocycles. The normalized spacial score (nSPS) is 20.8. The maximum Gasteiger partial charge on any atom is 0.414 e. The first-order valence-electron chi connectivity index (χ1n) is 11.6. The van der Waals surface area contributed by atoms with Crippen LogP contribution < -0.4 is 9.80 Å². The molecule has 2 aliphatic heterocycles. The molecule has 2 saturated heterocycles. The topological polar surface area (TPSA) is 75.2 Å². The van der Waals surface area contributed by atoms with E-state index in [1.165, 1.54) is 24.0 Å². The number of carbonyl (C=O) groups is 2. The van der Waals surface area contributed by atoms with Crippen LogP contribution in [0.3, 0.4) is 0 Å². The van der Waals surface area contributed by atoms with Gasteiger partial charge in [-0.25, -0.2) is 9.78 Å². The van der Waals surface area contributed by atoms with E-state index in [-0.39, 0.29) is 18.0 Å². The van der Waals surface area contributed by atoms with E-state index in [0.717, 1.165) is 18.9 Å². The fourth-order valence-corrected chi connectivity index (χ4v) is 4.72. The van der Waals surface area contributed by atoms with Crippen LogP contribution in [-0.2, 0) is 9.47 Å². The highest BCUT2D eigenvalue weighted by Crippen LogP contribution is 2.40. The second-order valence-electron chi connectivity index (χ2n) is 9.07. The number of cyclic esters (lactones) is 1. The minimum atomic E-state index is -0.388. The molecule has 3 aliphatic rings. The summed E-state index contributed by atoms with van der Waals surface area (Å²) in [6, 6.07) is 9.27. The average molecular weight is 451 g/mol. The van der Waals surface area contributed by atoms with E-state index in [0.29, 0.717) is 43.5 Å². The lowest BCUT2D eigenvalue weighted by Gasteiger charge is -2.36. The standard InChI is InChI=1S/C25H30N4O4/c1-17-13-20(18-3-4-18)14-26-23(17)27-9-11-28(12-10-27)24(30)19-5-7-21(8-6-19)29-22(15-32-2)16-33-25(29)31/h5-8,13-14,18,22H,3-4,9-12,15-16H2,1-2H3. The Morgan fingerprint density at radius 1 is 1.15 bits per heavy atom. The van der Waals surface area contributed by atoms with Gasteiger partial charge in [0.2, 0.25) is 0 Å². The number of anilines is 2. The smallest absolute Gasteiger partial charge is 0.414 e. The van der Waals surface area contributed by atoms with E-state index in [9.17, 15) is 9.59 Å². The largest absolute Gasteiger partial charge is 0.447 e. The van der Waals surface area contributed by atoms with Crippen molar-refractivity contribution in [3.63, 3.8) is 0 Å². The number of hydrogen-bond donors (Lipinski definition) is 0. The van der Waals surface area contributed by atoms with Crippen molar-refractivity contribution in [2.45, 2.75) is 31.7 Å². The molecule has 174 valence electrons. The predicted molar refractivity (Wildman–Crippen MR) is 125 cm³/mol. The van der Waals surface area contributed by atoms with Crippen molar-refractivity contribution >= 4 is 23.5 Å². The summed E-state index contributed by atoms with van der Waals surface area (Å²) in [7, 11) is 1.60. The summed E-state index contributed by atoms with van der Waals surface area (Å²) in [4.78, 5) is 35.7. The van der Waals surface area contributed by atoms with E-state index >= 15 is 0 Å². The molecule has 5 rings (SSSR count). The van der Waals surface area contributed by atoms with Crippen LogP contribution in [-0.4, -0.2) is 74.4 Å². The number of ether oxygens (including phenoxy) is 2. The van der Waals surface area contributed by atoms with Crippen LogP contribution in [0.25, 0.3) is 0 Å². The zero-order valence-corrected chi connectivity index (χ0v) is 19.2. The summed E-state index contributed by atoms with van der Waals surface area (Å²) in [5.41, 5.74) is 3.88. The molecule has 3 fully saturated rings. The average Bonchev–Trinajstić information content (AvgIpc) is 3.63. The van der Waals surface area contributed by atoms with Crippen molar-refractivity contribution in [3.05, 3.63) is 53.2 Å². The molecule has 2 amide bonds. The second kappa shape index (κ2) is 9.02. The number of pyridine rings is 1. The van der Waals surface area contributed by atoms with Crippen molar-refractivity contribution in [2.75, 3.05) is 56.3 Å². The lowest BCUT2D eigenvalue weighted by molar-refractivity contribution is 0.0746. The summed E-state index contributed by atoms with van der Waals surface area (Å²) >= 11 is 0. The Bertz CT molecular complexity index is 1030. The van der Waals surface area contributed by atoms with Gasteiger partial charge in [-0.15, -0.1) is 0 Å². The summed E-state index contributed by atoms with van der Waals surface area (Å²) in [5, 5.41) is 0. The zero-order valence-electron chi connectivity index (χ0n) is 19.2. The van der Waals surface area contributed by atoms with Crippen LogP contribution in [0.2, 0.25) is 0 Å². The van der Waals surface area contributed by atoms with E-state index in [2.05, 4.69) is 17.9 Å². The van der Waals surface area contributed by atoms with Gasteiger partial charge in [-0.3, -0.25) is 9.69 Å². The van der Waals surface area contributed by atoms with Crippen LogP contribution in [0.1, 0.15) is 40.2 Å². The molecule has 33 heavy (non-hydrogen) atoms. The molecule has 0 radical (unpaired) electrons. The summed E-state index contributed by atoms with van der Waals surface area (Å²) in [6.45, 7) is 5.66. The monoisotopic (exact) mass is 450 g/mol. The highest BCUT2D eigenvalue weighted by atomic mass is 16.6. The van der Waals surface area contributed by atoms with Gasteiger partial charge in [0, 0.05) is 50.7 Å². The first-order chi connectivity index (χ1) is 16.0. The van der Waals surface area contributed by atoms with Crippen molar-refractivity contribution in [2.24, 2.45) is 0 Å². The third-order valence-corrected chi connectivity index (χ3v) is 6.70. The fourth-order valence-electron chi connectivity index (χ4n) is 4.72. The number of piperazine rings is 1. The Morgan fingerprint density at radius 3 is 2.52 bits per heavy atom. The van der Waals surface area contributed by atoms with Gasteiger partial charge in [0.1, 0.15) is 12.4 Å². The molecule has 2 aromatic rings. The van der Waals surface area contributed by atoms with E-state index < -0.39 is 0 Å². The molecule has 1 saturated carbocycles. The first-order valence-corrected chi connectivity index (χ1v) is 11.6. The number of carbonyl (C=O) groups excluding carboxylic acids is 2. The Labute approximate surface area is 194 Å². The molecule has 1 aromatic heterocycles. The highest BCUT2D eigenvalue weighted by Gasteiger charge is 2.34. The van der Waals surface area contributed by atoms with Crippen molar-refractivity contribution in [1.82, 2.24) is 9.88 Å². The molecule has 8 heteroatoms. The van der Waals surface area contributed by atoms with Gasteiger partial charge < -0.3 is 19.3 Å². The number of aromatic nitrogens is 1. The predicted octanol–water partition coefficient (Wildman–Crippen LogP) is 3.20. The maximum atomic E-state index is 13.1. The number of aryl methyl sites for hydroxylation is 1. The van der Waals surface area contributed by atoms with Gasteiger partial charge >= 0.3 is 6.09 Å². The van der Waals surface area contributed by atoms with Gasteiger partial charge in [-0.2, -0.15) is 0 Å². The minimum absolute atomic E-state index is 0.00685. The lowest BCUT2D eigenvalue weighted by Crippen LogP contribution is -2.49. The lowest BCUT2D eigenvalue weighted by atomic mass is 10.1. The van der Waals surface area contributed by atoms with Crippen molar-refractivity contribution < 1.29 is 19.1 Å². The van der Waals surface area contributed by atoms with Crippen LogP contribution in [0.5, 0.6) is 0 Å². The maximum absolute atomic E-state index is 13.1. The van der Waals surface area contributed by atoms with Crippen molar-refractivity contribution in [1.29, 1.82) is 0 Å². The summed E-state index contributed by atoms with van der Waals surface area (Å²) in [5.74, 6) is 1.74. The number of amides is 2. The zero-order chi connectivity index (χ0) is 22.9. The van der Waals surface area contributed by atoms with Crippen LogP contribution in [0, 0.1) is 6.92 Å². The van der Waals surface area contributed by atoms with E-state index in [1.54, 1.807) is 36.3 Å².